The SMILES string of the molecule is O=C(Nc1ccc(Cl)cn1)c1cc(Cl)c(Cl)cc1C(=O)Nc1ccc(Cl)cn1. The van der Waals surface area contributed by atoms with Gasteiger partial charge in [0.25, 0.3) is 11.8 Å². The molecule has 0 radical (unpaired) electrons. The van der Waals surface area contributed by atoms with E-state index in [1.165, 1.54) is 36.7 Å². The summed E-state index contributed by atoms with van der Waals surface area (Å²) in [5.41, 5.74) is 0.0234. The van der Waals surface area contributed by atoms with Gasteiger partial charge in [0.1, 0.15) is 11.6 Å². The molecule has 3 aromatic rings. The molecule has 3 rings (SSSR count). The van der Waals surface area contributed by atoms with E-state index in [1.54, 1.807) is 12.1 Å². The van der Waals surface area contributed by atoms with Crippen LogP contribution in [-0.2, 0) is 0 Å². The minimum absolute atomic E-state index is 0.0117. The highest BCUT2D eigenvalue weighted by Gasteiger charge is 2.20. The number of halogens is 4. The van der Waals surface area contributed by atoms with Crippen LogP contribution in [0.25, 0.3) is 0 Å². The molecule has 6 nitrogen and oxygen atoms in total. The summed E-state index contributed by atoms with van der Waals surface area (Å²) in [7, 11) is 0. The fourth-order valence-corrected chi connectivity index (χ4v) is 2.74. The Morgan fingerprint density at radius 2 is 1.07 bits per heavy atom. The number of carbonyl (C=O) groups excluding carboxylic acids is 2. The van der Waals surface area contributed by atoms with Crippen molar-refractivity contribution in [3.05, 3.63) is 80.0 Å². The summed E-state index contributed by atoms with van der Waals surface area (Å²) in [4.78, 5) is 33.3. The summed E-state index contributed by atoms with van der Waals surface area (Å²) in [5, 5.41) is 6.23. The third-order valence-electron chi connectivity index (χ3n) is 3.49. The van der Waals surface area contributed by atoms with Crippen molar-refractivity contribution >= 4 is 69.9 Å². The van der Waals surface area contributed by atoms with E-state index in [0.717, 1.165) is 0 Å². The Kier molecular flexibility index (Phi) is 6.36. The van der Waals surface area contributed by atoms with Crippen molar-refractivity contribution < 1.29 is 9.59 Å². The van der Waals surface area contributed by atoms with E-state index >= 15 is 0 Å². The van der Waals surface area contributed by atoms with Gasteiger partial charge in [-0.25, -0.2) is 9.97 Å². The van der Waals surface area contributed by atoms with E-state index in [4.69, 9.17) is 46.4 Å². The molecule has 0 aliphatic heterocycles. The van der Waals surface area contributed by atoms with Crippen LogP contribution in [0.1, 0.15) is 20.7 Å². The second-order valence-corrected chi connectivity index (χ2v) is 7.13. The molecule has 0 atom stereocenters. The van der Waals surface area contributed by atoms with Gasteiger partial charge in [-0.1, -0.05) is 46.4 Å². The van der Waals surface area contributed by atoms with Gasteiger partial charge in [-0.2, -0.15) is 0 Å². The first-order valence-corrected chi connectivity index (χ1v) is 9.19. The van der Waals surface area contributed by atoms with Crippen LogP contribution >= 0.6 is 46.4 Å². The van der Waals surface area contributed by atoms with Gasteiger partial charge in [0.2, 0.25) is 0 Å². The highest BCUT2D eigenvalue weighted by Crippen LogP contribution is 2.27. The summed E-state index contributed by atoms with van der Waals surface area (Å²) in [6, 6.07) is 8.79. The lowest BCUT2D eigenvalue weighted by molar-refractivity contribution is 0.0990. The number of anilines is 2. The highest BCUT2D eigenvalue weighted by molar-refractivity contribution is 6.42. The van der Waals surface area contributed by atoms with Crippen molar-refractivity contribution in [3.63, 3.8) is 0 Å². The normalized spacial score (nSPS) is 10.4. The number of pyridine rings is 2. The van der Waals surface area contributed by atoms with Gasteiger partial charge in [-0.15, -0.1) is 0 Å². The minimum Gasteiger partial charge on any atom is -0.307 e. The van der Waals surface area contributed by atoms with Gasteiger partial charge in [-0.3, -0.25) is 9.59 Å². The van der Waals surface area contributed by atoms with E-state index < -0.39 is 11.8 Å². The number of hydrogen-bond acceptors (Lipinski definition) is 4. The average Bonchev–Trinajstić information content (AvgIpc) is 2.67. The molecule has 28 heavy (non-hydrogen) atoms. The van der Waals surface area contributed by atoms with Crippen molar-refractivity contribution in [2.45, 2.75) is 0 Å². The van der Waals surface area contributed by atoms with Gasteiger partial charge >= 0.3 is 0 Å². The number of amides is 2. The summed E-state index contributed by atoms with van der Waals surface area (Å²) in [6.07, 6.45) is 2.76. The predicted octanol–water partition coefficient (Wildman–Crippen LogP) is 5.59. The third kappa shape index (κ3) is 4.91. The maximum absolute atomic E-state index is 12.7. The zero-order valence-corrected chi connectivity index (χ0v) is 16.9. The smallest absolute Gasteiger partial charge is 0.257 e. The molecular weight excluding hydrogens is 446 g/mol. The van der Waals surface area contributed by atoms with Crippen LogP contribution in [0.4, 0.5) is 11.6 Å². The quantitative estimate of drug-likeness (QED) is 0.536. The Labute approximate surface area is 179 Å². The first-order valence-electron chi connectivity index (χ1n) is 7.68. The first-order chi connectivity index (χ1) is 13.3. The molecule has 2 heterocycles. The van der Waals surface area contributed by atoms with Crippen molar-refractivity contribution in [2.24, 2.45) is 0 Å². The topological polar surface area (TPSA) is 84.0 Å². The molecule has 0 fully saturated rings. The Hall–Kier alpha value is -2.38. The molecule has 0 saturated heterocycles. The minimum atomic E-state index is -0.595. The number of nitrogens with zero attached hydrogens (tertiary/aromatic N) is 2. The number of rotatable bonds is 4. The Morgan fingerprint density at radius 3 is 1.39 bits per heavy atom. The second kappa shape index (κ2) is 8.75. The van der Waals surface area contributed by atoms with Gasteiger partial charge < -0.3 is 10.6 Å². The van der Waals surface area contributed by atoms with Gasteiger partial charge in [0.05, 0.1) is 31.2 Å². The molecule has 0 bridgehead atoms. The third-order valence-corrected chi connectivity index (χ3v) is 4.66. The first kappa shape index (κ1) is 20.4. The van der Waals surface area contributed by atoms with E-state index in [-0.39, 0.29) is 32.8 Å². The lowest BCUT2D eigenvalue weighted by Crippen LogP contribution is -2.21. The lowest BCUT2D eigenvalue weighted by Gasteiger charge is -2.12. The van der Waals surface area contributed by atoms with Crippen LogP contribution in [0.3, 0.4) is 0 Å². The number of aromatic nitrogens is 2. The number of benzene rings is 1. The van der Waals surface area contributed by atoms with E-state index in [0.29, 0.717) is 10.0 Å². The van der Waals surface area contributed by atoms with Crippen molar-refractivity contribution in [3.8, 4) is 0 Å². The van der Waals surface area contributed by atoms with E-state index in [1.807, 2.05) is 0 Å². The van der Waals surface area contributed by atoms with Crippen LogP contribution in [0.5, 0.6) is 0 Å². The molecule has 2 aromatic heterocycles. The van der Waals surface area contributed by atoms with Crippen molar-refractivity contribution in [2.75, 3.05) is 10.6 Å². The molecule has 0 saturated carbocycles. The Balaban J connectivity index is 1.90. The summed E-state index contributed by atoms with van der Waals surface area (Å²) < 4.78 is 0. The highest BCUT2D eigenvalue weighted by atomic mass is 35.5. The molecular formula is C18H10Cl4N4O2. The van der Waals surface area contributed by atoms with Crippen LogP contribution in [0, 0.1) is 0 Å². The maximum atomic E-state index is 12.7. The monoisotopic (exact) mass is 454 g/mol. The number of nitrogens with one attached hydrogen (secondary N) is 2. The van der Waals surface area contributed by atoms with Crippen LogP contribution in [0.15, 0.2) is 48.8 Å². The maximum Gasteiger partial charge on any atom is 0.257 e. The summed E-state index contributed by atoms with van der Waals surface area (Å²) >= 11 is 23.6. The van der Waals surface area contributed by atoms with Crippen LogP contribution in [-0.4, -0.2) is 21.8 Å². The van der Waals surface area contributed by atoms with Gasteiger partial charge in [0.15, 0.2) is 0 Å². The molecule has 10 heteroatoms. The number of hydrogen-bond donors (Lipinski definition) is 2. The molecule has 0 aliphatic rings. The van der Waals surface area contributed by atoms with Crippen LogP contribution in [0.2, 0.25) is 20.1 Å². The van der Waals surface area contributed by atoms with Gasteiger partial charge in [0, 0.05) is 12.4 Å². The van der Waals surface area contributed by atoms with Crippen LogP contribution < -0.4 is 10.6 Å². The summed E-state index contributed by atoms with van der Waals surface area (Å²) in [5.74, 6) is -0.678. The van der Waals surface area contributed by atoms with Crippen molar-refractivity contribution in [1.29, 1.82) is 0 Å². The Morgan fingerprint density at radius 1 is 0.679 bits per heavy atom. The van der Waals surface area contributed by atoms with E-state index in [9.17, 15) is 9.59 Å². The van der Waals surface area contributed by atoms with E-state index in [2.05, 4.69) is 20.6 Å². The lowest BCUT2D eigenvalue weighted by atomic mass is 10.1. The molecule has 0 aliphatic carbocycles. The zero-order valence-electron chi connectivity index (χ0n) is 13.8. The average molecular weight is 456 g/mol. The summed E-state index contributed by atoms with van der Waals surface area (Å²) in [6.45, 7) is 0. The molecule has 142 valence electrons. The molecule has 0 spiro atoms. The fraction of sp³-hybridized carbons (Fsp3) is 0. The second-order valence-electron chi connectivity index (χ2n) is 5.44. The standard InChI is InChI=1S/C18H10Cl4N4O2/c19-9-1-3-15(23-7-9)25-17(27)11-5-13(21)14(22)6-12(11)18(28)26-16-4-2-10(20)8-24-16/h1-8H,(H,23,25,27)(H,24,26,28). The molecule has 2 amide bonds. The zero-order chi connectivity index (χ0) is 20.3. The Bertz CT molecular complexity index is 956. The van der Waals surface area contributed by atoms with Crippen molar-refractivity contribution in [1.82, 2.24) is 9.97 Å². The predicted molar refractivity (Wildman–Crippen MR) is 111 cm³/mol. The molecule has 2 N–H and O–H groups in total. The number of carbonyl (C=O) groups is 2. The molecule has 0 unspecified atom stereocenters. The molecule has 1 aromatic carbocycles. The van der Waals surface area contributed by atoms with Gasteiger partial charge in [-0.05, 0) is 36.4 Å². The fourth-order valence-electron chi connectivity index (χ4n) is 2.19. The largest absolute Gasteiger partial charge is 0.307 e.